The van der Waals surface area contributed by atoms with Crippen LogP contribution in [0.4, 0.5) is 5.95 Å². The molecule has 7 heteroatoms. The van der Waals surface area contributed by atoms with E-state index in [1.165, 1.54) is 20.3 Å². The fourth-order valence-corrected chi connectivity index (χ4v) is 1.06. The second-order valence-corrected chi connectivity index (χ2v) is 2.93. The number of anilines is 1. The second-order valence-electron chi connectivity index (χ2n) is 2.93. The van der Waals surface area contributed by atoms with Crippen molar-refractivity contribution >= 4 is 11.9 Å². The van der Waals surface area contributed by atoms with Crippen LogP contribution >= 0.6 is 0 Å². The molecule has 0 amide bonds. The molecule has 1 aromatic heterocycles. The lowest BCUT2D eigenvalue weighted by molar-refractivity contribution is -0.140. The fraction of sp³-hybridized carbons (Fsp3) is 0.500. The number of rotatable bonds is 6. The first-order chi connectivity index (χ1) is 8.19. The Bertz CT molecular complexity index is 362. The van der Waals surface area contributed by atoms with Crippen molar-refractivity contribution in [1.82, 2.24) is 9.97 Å². The minimum Gasteiger partial charge on any atom is -0.481 e. The van der Waals surface area contributed by atoms with Gasteiger partial charge in [-0.2, -0.15) is 9.97 Å². The summed E-state index contributed by atoms with van der Waals surface area (Å²) >= 11 is 0. The van der Waals surface area contributed by atoms with E-state index in [-0.39, 0.29) is 18.5 Å². The van der Waals surface area contributed by atoms with Crippen molar-refractivity contribution in [2.75, 3.05) is 32.7 Å². The fourth-order valence-electron chi connectivity index (χ4n) is 1.06. The van der Waals surface area contributed by atoms with Crippen LogP contribution in [0.1, 0.15) is 6.92 Å². The molecule has 0 aromatic carbocycles. The Kier molecular flexibility index (Phi) is 4.99. The first kappa shape index (κ1) is 13.0. The highest BCUT2D eigenvalue weighted by atomic mass is 16.5. The zero-order chi connectivity index (χ0) is 12.7. The van der Waals surface area contributed by atoms with Crippen LogP contribution in [-0.2, 0) is 9.53 Å². The van der Waals surface area contributed by atoms with E-state index in [9.17, 15) is 4.79 Å². The number of ether oxygens (including phenoxy) is 3. The van der Waals surface area contributed by atoms with Crippen molar-refractivity contribution in [1.29, 1.82) is 0 Å². The van der Waals surface area contributed by atoms with Gasteiger partial charge in [0, 0.05) is 0 Å². The average molecular weight is 241 g/mol. The molecule has 7 nitrogen and oxygen atoms in total. The van der Waals surface area contributed by atoms with Crippen LogP contribution in [0.3, 0.4) is 0 Å². The largest absolute Gasteiger partial charge is 0.481 e. The lowest BCUT2D eigenvalue weighted by atomic mass is 10.5. The Morgan fingerprint density at radius 2 is 1.88 bits per heavy atom. The van der Waals surface area contributed by atoms with Crippen LogP contribution in [0.5, 0.6) is 11.8 Å². The Morgan fingerprint density at radius 3 is 2.35 bits per heavy atom. The summed E-state index contributed by atoms with van der Waals surface area (Å²) in [6.45, 7) is 2.07. The number of aromatic nitrogens is 2. The molecule has 0 radical (unpaired) electrons. The molecule has 1 N–H and O–H groups in total. The normalized spacial score (nSPS) is 9.59. The van der Waals surface area contributed by atoms with Gasteiger partial charge in [0.2, 0.25) is 17.7 Å². The highest BCUT2D eigenvalue weighted by Gasteiger charge is 2.07. The van der Waals surface area contributed by atoms with Gasteiger partial charge in [-0.25, -0.2) is 0 Å². The van der Waals surface area contributed by atoms with Crippen LogP contribution in [0, 0.1) is 0 Å². The second kappa shape index (κ2) is 6.51. The molecule has 0 fully saturated rings. The predicted octanol–water partition coefficient (Wildman–Crippen LogP) is 0.469. The van der Waals surface area contributed by atoms with Gasteiger partial charge in [-0.1, -0.05) is 0 Å². The van der Waals surface area contributed by atoms with Crippen LogP contribution in [0.2, 0.25) is 0 Å². The molecule has 1 aromatic rings. The number of hydrogen-bond donors (Lipinski definition) is 1. The standard InChI is InChI=1S/C10H15N3O4/c1-4-17-9(14)6-11-10-12-7(15-2)5-8(13-10)16-3/h5H,4,6H2,1-3H3,(H,11,12,13). The zero-order valence-corrected chi connectivity index (χ0v) is 10.0. The van der Waals surface area contributed by atoms with E-state index < -0.39 is 0 Å². The van der Waals surface area contributed by atoms with E-state index in [1.54, 1.807) is 6.92 Å². The predicted molar refractivity (Wildman–Crippen MR) is 60.3 cm³/mol. The van der Waals surface area contributed by atoms with Gasteiger partial charge in [0.05, 0.1) is 26.9 Å². The molecule has 0 aliphatic heterocycles. The van der Waals surface area contributed by atoms with E-state index in [4.69, 9.17) is 14.2 Å². The van der Waals surface area contributed by atoms with Crippen LogP contribution in [0.15, 0.2) is 6.07 Å². The number of carbonyl (C=O) groups excluding carboxylic acids is 1. The third kappa shape index (κ3) is 4.13. The lowest BCUT2D eigenvalue weighted by Crippen LogP contribution is -2.18. The molecular weight excluding hydrogens is 226 g/mol. The summed E-state index contributed by atoms with van der Waals surface area (Å²) in [4.78, 5) is 19.1. The number of nitrogens with zero attached hydrogens (tertiary/aromatic N) is 2. The van der Waals surface area contributed by atoms with E-state index in [1.807, 2.05) is 0 Å². The summed E-state index contributed by atoms with van der Waals surface area (Å²) in [5.74, 6) is 0.568. The highest BCUT2D eigenvalue weighted by molar-refractivity contribution is 5.74. The Labute approximate surface area is 99.1 Å². The number of esters is 1. The topological polar surface area (TPSA) is 82.6 Å². The van der Waals surface area contributed by atoms with Crippen LogP contribution < -0.4 is 14.8 Å². The van der Waals surface area contributed by atoms with Gasteiger partial charge in [0.1, 0.15) is 6.54 Å². The summed E-state index contributed by atoms with van der Waals surface area (Å²) in [6.07, 6.45) is 0. The van der Waals surface area contributed by atoms with E-state index in [0.29, 0.717) is 18.4 Å². The van der Waals surface area contributed by atoms with E-state index >= 15 is 0 Å². The molecule has 0 unspecified atom stereocenters. The summed E-state index contributed by atoms with van der Waals surface area (Å²) in [5, 5.41) is 2.72. The SMILES string of the molecule is CCOC(=O)CNc1nc(OC)cc(OC)n1. The number of hydrogen-bond acceptors (Lipinski definition) is 7. The average Bonchev–Trinajstić information content (AvgIpc) is 2.36. The molecule has 1 heterocycles. The molecule has 0 aliphatic carbocycles. The monoisotopic (exact) mass is 241 g/mol. The van der Waals surface area contributed by atoms with Crippen LogP contribution in [0.25, 0.3) is 0 Å². The lowest BCUT2D eigenvalue weighted by Gasteiger charge is -2.07. The summed E-state index contributed by atoms with van der Waals surface area (Å²) in [6, 6.07) is 1.54. The molecule has 0 spiro atoms. The van der Waals surface area contributed by atoms with Gasteiger partial charge in [-0.3, -0.25) is 4.79 Å². The van der Waals surface area contributed by atoms with Crippen molar-refractivity contribution in [2.45, 2.75) is 6.92 Å². The van der Waals surface area contributed by atoms with Crippen molar-refractivity contribution in [3.8, 4) is 11.8 Å². The maximum Gasteiger partial charge on any atom is 0.325 e. The van der Waals surface area contributed by atoms with Crippen LogP contribution in [-0.4, -0.2) is 43.3 Å². The first-order valence-electron chi connectivity index (χ1n) is 5.06. The third-order valence-electron chi connectivity index (χ3n) is 1.79. The minimum atomic E-state index is -0.377. The quantitative estimate of drug-likeness (QED) is 0.725. The molecular formula is C10H15N3O4. The zero-order valence-electron chi connectivity index (χ0n) is 10.0. The van der Waals surface area contributed by atoms with Gasteiger partial charge in [-0.15, -0.1) is 0 Å². The van der Waals surface area contributed by atoms with Crippen molar-refractivity contribution < 1.29 is 19.0 Å². The maximum atomic E-state index is 11.1. The molecule has 0 aliphatic rings. The minimum absolute atomic E-state index is 0.00976. The van der Waals surface area contributed by atoms with Crippen molar-refractivity contribution in [3.05, 3.63) is 6.07 Å². The van der Waals surface area contributed by atoms with Gasteiger partial charge in [-0.05, 0) is 6.92 Å². The maximum absolute atomic E-state index is 11.1. The first-order valence-corrected chi connectivity index (χ1v) is 5.06. The van der Waals surface area contributed by atoms with E-state index in [0.717, 1.165) is 0 Å². The summed E-state index contributed by atoms with van der Waals surface area (Å²) in [5.41, 5.74) is 0. The Hall–Kier alpha value is -2.05. The van der Waals surface area contributed by atoms with E-state index in [2.05, 4.69) is 15.3 Å². The van der Waals surface area contributed by atoms with Crippen molar-refractivity contribution in [3.63, 3.8) is 0 Å². The molecule has 0 saturated heterocycles. The molecule has 0 atom stereocenters. The summed E-state index contributed by atoms with van der Waals surface area (Å²) < 4.78 is 14.7. The number of carbonyl (C=O) groups is 1. The number of methoxy groups -OCH3 is 2. The molecule has 0 bridgehead atoms. The molecule has 1 rings (SSSR count). The molecule has 0 saturated carbocycles. The summed E-state index contributed by atoms with van der Waals surface area (Å²) in [7, 11) is 2.97. The molecule has 94 valence electrons. The van der Waals surface area contributed by atoms with Gasteiger partial charge in [0.15, 0.2) is 0 Å². The Balaban J connectivity index is 2.66. The van der Waals surface area contributed by atoms with Gasteiger partial charge < -0.3 is 19.5 Å². The smallest absolute Gasteiger partial charge is 0.325 e. The third-order valence-corrected chi connectivity index (χ3v) is 1.79. The van der Waals surface area contributed by atoms with Crippen molar-refractivity contribution in [2.24, 2.45) is 0 Å². The highest BCUT2D eigenvalue weighted by Crippen LogP contribution is 2.16. The number of nitrogens with one attached hydrogen (secondary N) is 1. The van der Waals surface area contributed by atoms with Gasteiger partial charge >= 0.3 is 5.97 Å². The van der Waals surface area contributed by atoms with Gasteiger partial charge in [0.25, 0.3) is 0 Å². The Morgan fingerprint density at radius 1 is 1.29 bits per heavy atom. The molecule has 17 heavy (non-hydrogen) atoms.